The van der Waals surface area contributed by atoms with Crippen molar-refractivity contribution in [3.05, 3.63) is 59.7 Å². The minimum absolute atomic E-state index is 0.239. The molecule has 0 radical (unpaired) electrons. The number of hydrogen-bond donors (Lipinski definition) is 2. The fraction of sp³-hybridized carbons (Fsp3) is 0.333. The summed E-state index contributed by atoms with van der Waals surface area (Å²) in [6.45, 7) is 4.43. The molecule has 25 heavy (non-hydrogen) atoms. The van der Waals surface area contributed by atoms with Crippen LogP contribution in [0.5, 0.6) is 5.75 Å². The van der Waals surface area contributed by atoms with Crippen molar-refractivity contribution in [3.8, 4) is 5.75 Å². The van der Waals surface area contributed by atoms with E-state index in [0.29, 0.717) is 30.0 Å². The molecule has 0 saturated carbocycles. The molecule has 1 saturated heterocycles. The average molecular weight is 344 g/mol. The summed E-state index contributed by atoms with van der Waals surface area (Å²) in [5.41, 5.74) is 1.08. The van der Waals surface area contributed by atoms with Gasteiger partial charge in [-0.1, -0.05) is 12.1 Å². The lowest BCUT2D eigenvalue weighted by Gasteiger charge is -2.30. The van der Waals surface area contributed by atoms with Crippen molar-refractivity contribution in [1.82, 2.24) is 20.5 Å². The highest BCUT2D eigenvalue weighted by atomic mass is 19.1. The Morgan fingerprint density at radius 2 is 2.16 bits per heavy atom. The molecule has 132 valence electrons. The van der Waals surface area contributed by atoms with Crippen LogP contribution in [0, 0.1) is 12.7 Å². The molecule has 0 spiro atoms. The van der Waals surface area contributed by atoms with Gasteiger partial charge in [-0.3, -0.25) is 10.3 Å². The van der Waals surface area contributed by atoms with Gasteiger partial charge in [-0.25, -0.2) is 9.18 Å². The lowest BCUT2D eigenvalue weighted by atomic mass is 10.1. The first-order valence-electron chi connectivity index (χ1n) is 8.22. The Balaban J connectivity index is 1.80. The van der Waals surface area contributed by atoms with Crippen LogP contribution in [0.15, 0.2) is 42.7 Å². The first kappa shape index (κ1) is 17.2. The Bertz CT molecular complexity index is 720. The number of aryl methyl sites for hydroxylation is 1. The number of amides is 2. The van der Waals surface area contributed by atoms with E-state index in [0.717, 1.165) is 13.1 Å². The highest BCUT2D eigenvalue weighted by Gasteiger charge is 2.22. The summed E-state index contributed by atoms with van der Waals surface area (Å²) in [6.07, 6.45) is 2.38. The molecule has 2 aromatic rings. The first-order valence-corrected chi connectivity index (χ1v) is 8.22. The Labute approximate surface area is 146 Å². The Morgan fingerprint density at radius 3 is 2.84 bits per heavy atom. The predicted octanol–water partition coefficient (Wildman–Crippen LogP) is 2.22. The average Bonchev–Trinajstić information content (AvgIpc) is 2.65. The number of aromatic nitrogens is 1. The summed E-state index contributed by atoms with van der Waals surface area (Å²) in [4.78, 5) is 18.2. The van der Waals surface area contributed by atoms with E-state index in [2.05, 4.69) is 15.6 Å². The van der Waals surface area contributed by atoms with E-state index in [1.165, 1.54) is 6.07 Å². The van der Waals surface area contributed by atoms with Crippen LogP contribution in [0.25, 0.3) is 0 Å². The van der Waals surface area contributed by atoms with Gasteiger partial charge in [0.2, 0.25) is 0 Å². The maximum atomic E-state index is 14.0. The minimum atomic E-state index is -0.804. The number of pyridine rings is 1. The van der Waals surface area contributed by atoms with Crippen LogP contribution in [0.3, 0.4) is 0 Å². The van der Waals surface area contributed by atoms with E-state index in [1.54, 1.807) is 48.5 Å². The van der Waals surface area contributed by atoms with Gasteiger partial charge < -0.3 is 15.0 Å². The number of nitrogens with zero attached hydrogens (tertiary/aromatic N) is 2. The first-order chi connectivity index (χ1) is 12.1. The number of carbonyl (C=O) groups is 1. The Morgan fingerprint density at radius 1 is 1.36 bits per heavy atom. The topological polar surface area (TPSA) is 66.5 Å². The minimum Gasteiger partial charge on any atom is -0.465 e. The SMILES string of the molecule is Cc1ccc(C(NC(=O)N2CCNCC2)Oc2cccnc2)cc1F. The summed E-state index contributed by atoms with van der Waals surface area (Å²) in [6, 6.07) is 8.03. The maximum Gasteiger partial charge on any atom is 0.320 e. The van der Waals surface area contributed by atoms with Crippen LogP contribution >= 0.6 is 0 Å². The molecule has 0 bridgehead atoms. The molecular weight excluding hydrogens is 323 g/mol. The molecule has 1 aromatic carbocycles. The van der Waals surface area contributed by atoms with Crippen molar-refractivity contribution < 1.29 is 13.9 Å². The molecule has 1 unspecified atom stereocenters. The number of halogens is 1. The number of hydrogen-bond acceptors (Lipinski definition) is 4. The van der Waals surface area contributed by atoms with E-state index < -0.39 is 6.23 Å². The van der Waals surface area contributed by atoms with E-state index in [1.807, 2.05) is 0 Å². The standard InChI is InChI=1S/C18H21FN4O2/c1-13-4-5-14(11-16(13)19)17(25-15-3-2-6-21-12-15)22-18(24)23-9-7-20-8-10-23/h2-6,11-12,17,20H,7-10H2,1H3,(H,22,24). The summed E-state index contributed by atoms with van der Waals surface area (Å²) in [5, 5.41) is 6.04. The van der Waals surface area contributed by atoms with Crippen molar-refractivity contribution in [1.29, 1.82) is 0 Å². The summed E-state index contributed by atoms with van der Waals surface area (Å²) in [7, 11) is 0. The number of ether oxygens (including phenoxy) is 1. The Kier molecular flexibility index (Phi) is 5.45. The summed E-state index contributed by atoms with van der Waals surface area (Å²) in [5.74, 6) is 0.155. The zero-order valence-corrected chi connectivity index (χ0v) is 14.0. The fourth-order valence-electron chi connectivity index (χ4n) is 2.58. The molecule has 1 aromatic heterocycles. The number of piperazine rings is 1. The zero-order chi connectivity index (χ0) is 17.6. The van der Waals surface area contributed by atoms with E-state index in [-0.39, 0.29) is 11.8 Å². The third-order valence-electron chi connectivity index (χ3n) is 4.05. The van der Waals surface area contributed by atoms with Gasteiger partial charge in [-0.05, 0) is 30.7 Å². The molecule has 2 heterocycles. The van der Waals surface area contributed by atoms with Gasteiger partial charge in [0.1, 0.15) is 11.6 Å². The summed E-state index contributed by atoms with van der Waals surface area (Å²) >= 11 is 0. The van der Waals surface area contributed by atoms with Gasteiger partial charge in [0.15, 0.2) is 6.23 Å². The van der Waals surface area contributed by atoms with E-state index in [9.17, 15) is 9.18 Å². The van der Waals surface area contributed by atoms with Crippen molar-refractivity contribution >= 4 is 6.03 Å². The smallest absolute Gasteiger partial charge is 0.320 e. The number of benzene rings is 1. The molecule has 1 aliphatic heterocycles. The van der Waals surface area contributed by atoms with Crippen LogP contribution < -0.4 is 15.4 Å². The molecule has 2 N–H and O–H groups in total. The monoisotopic (exact) mass is 344 g/mol. The van der Waals surface area contributed by atoms with Crippen LogP contribution in [0.1, 0.15) is 17.4 Å². The highest BCUT2D eigenvalue weighted by Crippen LogP contribution is 2.21. The zero-order valence-electron chi connectivity index (χ0n) is 14.0. The van der Waals surface area contributed by atoms with Crippen molar-refractivity contribution in [3.63, 3.8) is 0 Å². The summed E-state index contributed by atoms with van der Waals surface area (Å²) < 4.78 is 19.8. The Hall–Kier alpha value is -2.67. The van der Waals surface area contributed by atoms with E-state index >= 15 is 0 Å². The van der Waals surface area contributed by atoms with Gasteiger partial charge in [0, 0.05) is 37.9 Å². The van der Waals surface area contributed by atoms with Gasteiger partial charge in [0.25, 0.3) is 0 Å². The molecule has 1 atom stereocenters. The molecule has 2 amide bonds. The van der Waals surface area contributed by atoms with Gasteiger partial charge >= 0.3 is 6.03 Å². The number of rotatable bonds is 4. The van der Waals surface area contributed by atoms with Gasteiger partial charge in [-0.2, -0.15) is 0 Å². The molecular formula is C18H21FN4O2. The molecule has 3 rings (SSSR count). The number of nitrogens with one attached hydrogen (secondary N) is 2. The lowest BCUT2D eigenvalue weighted by Crippen LogP contribution is -2.51. The second-order valence-electron chi connectivity index (χ2n) is 5.88. The van der Waals surface area contributed by atoms with Crippen LogP contribution in [-0.4, -0.2) is 42.1 Å². The maximum absolute atomic E-state index is 14.0. The van der Waals surface area contributed by atoms with Crippen molar-refractivity contribution in [2.24, 2.45) is 0 Å². The third kappa shape index (κ3) is 4.45. The predicted molar refractivity (Wildman–Crippen MR) is 91.7 cm³/mol. The highest BCUT2D eigenvalue weighted by molar-refractivity contribution is 5.74. The molecule has 1 fully saturated rings. The molecule has 0 aliphatic carbocycles. The molecule has 7 heteroatoms. The third-order valence-corrected chi connectivity index (χ3v) is 4.05. The lowest BCUT2D eigenvalue weighted by molar-refractivity contribution is 0.139. The quantitative estimate of drug-likeness (QED) is 0.835. The van der Waals surface area contributed by atoms with Gasteiger partial charge in [0.05, 0.1) is 6.20 Å². The second-order valence-corrected chi connectivity index (χ2v) is 5.88. The number of urea groups is 1. The number of carbonyl (C=O) groups excluding carboxylic acids is 1. The molecule has 1 aliphatic rings. The fourth-order valence-corrected chi connectivity index (χ4v) is 2.58. The molecule has 6 nitrogen and oxygen atoms in total. The van der Waals surface area contributed by atoms with Crippen LogP contribution in [0.2, 0.25) is 0 Å². The van der Waals surface area contributed by atoms with Crippen molar-refractivity contribution in [2.75, 3.05) is 26.2 Å². The van der Waals surface area contributed by atoms with Crippen LogP contribution in [0.4, 0.5) is 9.18 Å². The van der Waals surface area contributed by atoms with Crippen molar-refractivity contribution in [2.45, 2.75) is 13.2 Å². The van der Waals surface area contributed by atoms with Crippen LogP contribution in [-0.2, 0) is 0 Å². The van der Waals surface area contributed by atoms with E-state index in [4.69, 9.17) is 4.74 Å². The largest absolute Gasteiger partial charge is 0.465 e. The normalized spacial score (nSPS) is 15.5. The van der Waals surface area contributed by atoms with Gasteiger partial charge in [-0.15, -0.1) is 0 Å². The second kappa shape index (κ2) is 7.94.